The molecule has 18 heavy (non-hydrogen) atoms. The molecule has 0 radical (unpaired) electrons. The zero-order valence-electron chi connectivity index (χ0n) is 9.89. The number of halogens is 1. The Morgan fingerprint density at radius 1 is 1.44 bits per heavy atom. The SMILES string of the molecule is CC(Cc1ccco1)NC(=O)c1cccc(Cl)n1. The normalized spacial score (nSPS) is 12.1. The topological polar surface area (TPSA) is 55.1 Å². The number of carbonyl (C=O) groups is 1. The maximum Gasteiger partial charge on any atom is 0.270 e. The maximum absolute atomic E-state index is 11.9. The number of amides is 1. The van der Waals surface area contributed by atoms with Gasteiger partial charge in [0.25, 0.3) is 5.91 Å². The average Bonchev–Trinajstić information content (AvgIpc) is 2.81. The Bertz CT molecular complexity index is 526. The van der Waals surface area contributed by atoms with Crippen molar-refractivity contribution in [2.75, 3.05) is 0 Å². The molecule has 2 aromatic rings. The molecule has 4 nitrogen and oxygen atoms in total. The monoisotopic (exact) mass is 264 g/mol. The van der Waals surface area contributed by atoms with Crippen LogP contribution in [0.15, 0.2) is 41.0 Å². The van der Waals surface area contributed by atoms with Gasteiger partial charge in [-0.25, -0.2) is 4.98 Å². The minimum Gasteiger partial charge on any atom is -0.469 e. The molecule has 2 heterocycles. The molecule has 1 N–H and O–H groups in total. The number of pyridine rings is 1. The lowest BCUT2D eigenvalue weighted by Gasteiger charge is -2.12. The third kappa shape index (κ3) is 3.34. The summed E-state index contributed by atoms with van der Waals surface area (Å²) in [6.07, 6.45) is 2.25. The number of nitrogens with zero attached hydrogens (tertiary/aromatic N) is 1. The molecule has 0 spiro atoms. The average molecular weight is 265 g/mol. The minimum atomic E-state index is -0.239. The molecule has 2 aromatic heterocycles. The Kier molecular flexibility index (Phi) is 3.99. The molecule has 0 saturated carbocycles. The molecule has 0 bridgehead atoms. The van der Waals surface area contributed by atoms with Crippen LogP contribution in [0, 0.1) is 0 Å². The van der Waals surface area contributed by atoms with Gasteiger partial charge in [0.05, 0.1) is 6.26 Å². The van der Waals surface area contributed by atoms with Crippen molar-refractivity contribution in [3.63, 3.8) is 0 Å². The molecule has 0 aliphatic heterocycles. The van der Waals surface area contributed by atoms with E-state index in [0.717, 1.165) is 5.76 Å². The quantitative estimate of drug-likeness (QED) is 0.864. The Hall–Kier alpha value is -1.81. The molecule has 0 aliphatic rings. The zero-order chi connectivity index (χ0) is 13.0. The highest BCUT2D eigenvalue weighted by Crippen LogP contribution is 2.07. The van der Waals surface area contributed by atoms with E-state index in [-0.39, 0.29) is 11.9 Å². The summed E-state index contributed by atoms with van der Waals surface area (Å²) >= 11 is 5.73. The van der Waals surface area contributed by atoms with Crippen LogP contribution in [-0.4, -0.2) is 16.9 Å². The van der Waals surface area contributed by atoms with Crippen LogP contribution in [0.25, 0.3) is 0 Å². The van der Waals surface area contributed by atoms with Gasteiger partial charge in [0.15, 0.2) is 0 Å². The van der Waals surface area contributed by atoms with Crippen LogP contribution >= 0.6 is 11.6 Å². The van der Waals surface area contributed by atoms with E-state index >= 15 is 0 Å². The van der Waals surface area contributed by atoms with E-state index in [4.69, 9.17) is 16.0 Å². The number of carbonyl (C=O) groups excluding carboxylic acids is 1. The Balaban J connectivity index is 1.95. The van der Waals surface area contributed by atoms with Crippen molar-refractivity contribution in [1.82, 2.24) is 10.3 Å². The van der Waals surface area contributed by atoms with Gasteiger partial charge in [-0.05, 0) is 31.2 Å². The fraction of sp³-hybridized carbons (Fsp3) is 0.231. The highest BCUT2D eigenvalue weighted by Gasteiger charge is 2.12. The van der Waals surface area contributed by atoms with Crippen LogP contribution in [0.3, 0.4) is 0 Å². The molecular formula is C13H13ClN2O2. The van der Waals surface area contributed by atoms with Gasteiger partial charge in [-0.2, -0.15) is 0 Å². The largest absolute Gasteiger partial charge is 0.469 e. The van der Waals surface area contributed by atoms with Gasteiger partial charge < -0.3 is 9.73 Å². The van der Waals surface area contributed by atoms with Crippen molar-refractivity contribution in [3.05, 3.63) is 53.2 Å². The minimum absolute atomic E-state index is 0.0376. The van der Waals surface area contributed by atoms with Crippen LogP contribution in [-0.2, 0) is 6.42 Å². The highest BCUT2D eigenvalue weighted by molar-refractivity contribution is 6.29. The standard InChI is InChI=1S/C13H13ClN2O2/c1-9(8-10-4-3-7-18-10)15-13(17)11-5-2-6-12(14)16-11/h2-7,9H,8H2,1H3,(H,15,17). The smallest absolute Gasteiger partial charge is 0.270 e. The van der Waals surface area contributed by atoms with Crippen molar-refractivity contribution < 1.29 is 9.21 Å². The first-order chi connectivity index (χ1) is 8.65. The molecule has 5 heteroatoms. The van der Waals surface area contributed by atoms with Crippen molar-refractivity contribution in [2.24, 2.45) is 0 Å². The second kappa shape index (κ2) is 5.69. The summed E-state index contributed by atoms with van der Waals surface area (Å²) in [7, 11) is 0. The molecule has 1 atom stereocenters. The molecule has 0 saturated heterocycles. The predicted molar refractivity (Wildman–Crippen MR) is 68.6 cm³/mol. The van der Waals surface area contributed by atoms with Crippen LogP contribution < -0.4 is 5.32 Å². The Morgan fingerprint density at radius 3 is 2.94 bits per heavy atom. The summed E-state index contributed by atoms with van der Waals surface area (Å²) in [4.78, 5) is 15.8. The molecule has 0 aliphatic carbocycles. The summed E-state index contributed by atoms with van der Waals surface area (Å²) in [6.45, 7) is 1.91. The van der Waals surface area contributed by atoms with Gasteiger partial charge in [0.2, 0.25) is 0 Å². The van der Waals surface area contributed by atoms with E-state index in [9.17, 15) is 4.79 Å². The lowest BCUT2D eigenvalue weighted by atomic mass is 10.2. The molecule has 94 valence electrons. The zero-order valence-corrected chi connectivity index (χ0v) is 10.6. The van der Waals surface area contributed by atoms with Gasteiger partial charge >= 0.3 is 0 Å². The Labute approximate surface area is 110 Å². The predicted octanol–water partition coefficient (Wildman–Crippen LogP) is 2.69. The van der Waals surface area contributed by atoms with E-state index in [1.807, 2.05) is 19.1 Å². The van der Waals surface area contributed by atoms with Gasteiger partial charge in [-0.3, -0.25) is 4.79 Å². The van der Waals surface area contributed by atoms with Crippen molar-refractivity contribution in [3.8, 4) is 0 Å². The van der Waals surface area contributed by atoms with Gasteiger partial charge in [0.1, 0.15) is 16.6 Å². The third-order valence-corrected chi connectivity index (χ3v) is 2.62. The molecule has 1 unspecified atom stereocenters. The van der Waals surface area contributed by atoms with E-state index in [0.29, 0.717) is 17.3 Å². The molecule has 1 amide bonds. The first-order valence-electron chi connectivity index (χ1n) is 5.61. The van der Waals surface area contributed by atoms with Crippen LogP contribution in [0.4, 0.5) is 0 Å². The molecule has 2 rings (SSSR count). The second-order valence-corrected chi connectivity index (χ2v) is 4.39. The van der Waals surface area contributed by atoms with Crippen molar-refractivity contribution >= 4 is 17.5 Å². The lowest BCUT2D eigenvalue weighted by Crippen LogP contribution is -2.34. The summed E-state index contributed by atoms with van der Waals surface area (Å²) in [5, 5.41) is 3.15. The lowest BCUT2D eigenvalue weighted by molar-refractivity contribution is 0.0934. The molecular weight excluding hydrogens is 252 g/mol. The molecule has 0 aromatic carbocycles. The van der Waals surface area contributed by atoms with Gasteiger partial charge in [0, 0.05) is 12.5 Å². The number of rotatable bonds is 4. The van der Waals surface area contributed by atoms with Gasteiger partial charge in [-0.1, -0.05) is 17.7 Å². The van der Waals surface area contributed by atoms with E-state index in [2.05, 4.69) is 10.3 Å². The first kappa shape index (κ1) is 12.6. The number of nitrogens with one attached hydrogen (secondary N) is 1. The van der Waals surface area contributed by atoms with E-state index in [1.165, 1.54) is 0 Å². The fourth-order valence-corrected chi connectivity index (χ4v) is 1.78. The fourth-order valence-electron chi connectivity index (χ4n) is 1.61. The van der Waals surface area contributed by atoms with Crippen LogP contribution in [0.2, 0.25) is 5.15 Å². The third-order valence-electron chi connectivity index (χ3n) is 2.41. The Morgan fingerprint density at radius 2 is 2.28 bits per heavy atom. The number of hydrogen-bond donors (Lipinski definition) is 1. The van der Waals surface area contributed by atoms with Crippen molar-refractivity contribution in [1.29, 1.82) is 0 Å². The molecule has 0 fully saturated rings. The van der Waals surface area contributed by atoms with Gasteiger partial charge in [-0.15, -0.1) is 0 Å². The van der Waals surface area contributed by atoms with E-state index in [1.54, 1.807) is 24.5 Å². The first-order valence-corrected chi connectivity index (χ1v) is 5.99. The highest BCUT2D eigenvalue weighted by atomic mass is 35.5. The number of furan rings is 1. The second-order valence-electron chi connectivity index (χ2n) is 4.00. The van der Waals surface area contributed by atoms with E-state index < -0.39 is 0 Å². The summed E-state index contributed by atoms with van der Waals surface area (Å²) < 4.78 is 5.22. The van der Waals surface area contributed by atoms with Crippen molar-refractivity contribution in [2.45, 2.75) is 19.4 Å². The summed E-state index contributed by atoms with van der Waals surface area (Å²) in [5.41, 5.74) is 0.314. The summed E-state index contributed by atoms with van der Waals surface area (Å²) in [5.74, 6) is 0.596. The number of aromatic nitrogens is 1. The number of hydrogen-bond acceptors (Lipinski definition) is 3. The summed E-state index contributed by atoms with van der Waals surface area (Å²) in [6, 6.07) is 8.61. The van der Waals surface area contributed by atoms with Crippen LogP contribution in [0.5, 0.6) is 0 Å². The van der Waals surface area contributed by atoms with Crippen LogP contribution in [0.1, 0.15) is 23.2 Å². The maximum atomic E-state index is 11.9.